The molecule has 0 radical (unpaired) electrons. The SMILES string of the molecule is CCn1nc2nc(-c3ccc(OC)c(OC)c3OC)cc(C)c2c1C. The van der Waals surface area contributed by atoms with E-state index < -0.39 is 0 Å². The number of aryl methyl sites for hydroxylation is 3. The second kappa shape index (κ2) is 6.63. The van der Waals surface area contributed by atoms with Crippen LogP contribution in [0.4, 0.5) is 0 Å². The maximum Gasteiger partial charge on any atom is 0.203 e. The molecule has 0 aliphatic rings. The molecule has 2 heterocycles. The van der Waals surface area contributed by atoms with Gasteiger partial charge in [0.25, 0.3) is 0 Å². The molecule has 0 saturated heterocycles. The number of methoxy groups -OCH3 is 3. The van der Waals surface area contributed by atoms with Crippen LogP contribution >= 0.6 is 0 Å². The van der Waals surface area contributed by atoms with Gasteiger partial charge in [-0.1, -0.05) is 0 Å². The zero-order valence-electron chi connectivity index (χ0n) is 15.5. The molecule has 0 spiro atoms. The van der Waals surface area contributed by atoms with Crippen LogP contribution in [-0.2, 0) is 6.54 Å². The highest BCUT2D eigenvalue weighted by atomic mass is 16.5. The Morgan fingerprint density at radius 2 is 1.72 bits per heavy atom. The van der Waals surface area contributed by atoms with Crippen molar-refractivity contribution in [1.82, 2.24) is 14.8 Å². The van der Waals surface area contributed by atoms with Gasteiger partial charge in [-0.25, -0.2) is 4.98 Å². The lowest BCUT2D eigenvalue weighted by Gasteiger charge is -2.15. The third-order valence-corrected chi connectivity index (χ3v) is 4.44. The summed E-state index contributed by atoms with van der Waals surface area (Å²) < 4.78 is 18.4. The Morgan fingerprint density at radius 1 is 1.00 bits per heavy atom. The molecule has 132 valence electrons. The van der Waals surface area contributed by atoms with Crippen LogP contribution in [0.3, 0.4) is 0 Å². The molecule has 3 aromatic rings. The Bertz CT molecular complexity index is 932. The molecule has 0 bridgehead atoms. The maximum atomic E-state index is 5.60. The summed E-state index contributed by atoms with van der Waals surface area (Å²) in [7, 11) is 4.81. The lowest BCUT2D eigenvalue weighted by molar-refractivity contribution is 0.325. The Morgan fingerprint density at radius 3 is 2.32 bits per heavy atom. The van der Waals surface area contributed by atoms with Crippen molar-refractivity contribution < 1.29 is 14.2 Å². The minimum atomic E-state index is 0.553. The summed E-state index contributed by atoms with van der Waals surface area (Å²) in [6, 6.07) is 5.84. The molecule has 6 nitrogen and oxygen atoms in total. The van der Waals surface area contributed by atoms with Gasteiger partial charge < -0.3 is 14.2 Å². The average molecular weight is 341 g/mol. The number of rotatable bonds is 5. The molecule has 0 saturated carbocycles. The van der Waals surface area contributed by atoms with Gasteiger partial charge in [0.2, 0.25) is 5.75 Å². The van der Waals surface area contributed by atoms with Gasteiger partial charge in [0.1, 0.15) is 0 Å². The van der Waals surface area contributed by atoms with Gasteiger partial charge in [0.05, 0.1) is 27.0 Å². The average Bonchev–Trinajstić information content (AvgIpc) is 2.96. The van der Waals surface area contributed by atoms with Crippen molar-refractivity contribution in [2.75, 3.05) is 21.3 Å². The highest BCUT2D eigenvalue weighted by Crippen LogP contribution is 2.44. The minimum absolute atomic E-state index is 0.553. The summed E-state index contributed by atoms with van der Waals surface area (Å²) in [6.07, 6.45) is 0. The molecule has 0 atom stereocenters. The van der Waals surface area contributed by atoms with Crippen LogP contribution in [0.25, 0.3) is 22.3 Å². The van der Waals surface area contributed by atoms with Crippen LogP contribution in [0.2, 0.25) is 0 Å². The first-order chi connectivity index (χ1) is 12.0. The summed E-state index contributed by atoms with van der Waals surface area (Å²) in [4.78, 5) is 4.77. The number of fused-ring (bicyclic) bond motifs is 1. The molecule has 0 fully saturated rings. The number of hydrogen-bond donors (Lipinski definition) is 0. The first kappa shape index (κ1) is 17.1. The molecule has 2 aromatic heterocycles. The summed E-state index contributed by atoms with van der Waals surface area (Å²) in [5.41, 5.74) is 4.64. The third kappa shape index (κ3) is 2.67. The van der Waals surface area contributed by atoms with Gasteiger partial charge in [-0.05, 0) is 44.5 Å². The van der Waals surface area contributed by atoms with Crippen molar-refractivity contribution >= 4 is 11.0 Å². The van der Waals surface area contributed by atoms with E-state index in [1.165, 1.54) is 0 Å². The summed E-state index contributed by atoms with van der Waals surface area (Å²) >= 11 is 0. The van der Waals surface area contributed by atoms with Gasteiger partial charge >= 0.3 is 0 Å². The number of ether oxygens (including phenoxy) is 3. The van der Waals surface area contributed by atoms with Gasteiger partial charge in [-0.2, -0.15) is 5.10 Å². The topological polar surface area (TPSA) is 58.4 Å². The first-order valence-corrected chi connectivity index (χ1v) is 8.19. The Labute approximate surface area is 147 Å². The normalized spacial score (nSPS) is 11.0. The van der Waals surface area contributed by atoms with Crippen LogP contribution in [0.5, 0.6) is 17.2 Å². The molecule has 0 unspecified atom stereocenters. The predicted molar refractivity (Wildman–Crippen MR) is 97.8 cm³/mol. The second-order valence-corrected chi connectivity index (χ2v) is 5.81. The monoisotopic (exact) mass is 341 g/mol. The Hall–Kier alpha value is -2.76. The standard InChI is InChI=1S/C19H23N3O3/c1-7-22-12(3)16-11(2)10-14(20-19(16)21-22)13-8-9-15(23-4)18(25-6)17(13)24-5/h8-10H,7H2,1-6H3. The lowest BCUT2D eigenvalue weighted by atomic mass is 10.0. The maximum absolute atomic E-state index is 5.60. The number of pyridine rings is 1. The van der Waals surface area contributed by atoms with Gasteiger partial charge in [0.15, 0.2) is 17.1 Å². The Kier molecular flexibility index (Phi) is 4.53. The highest BCUT2D eigenvalue weighted by Gasteiger charge is 2.20. The fourth-order valence-electron chi connectivity index (χ4n) is 3.24. The fourth-order valence-corrected chi connectivity index (χ4v) is 3.24. The first-order valence-electron chi connectivity index (χ1n) is 8.19. The second-order valence-electron chi connectivity index (χ2n) is 5.81. The van der Waals surface area contributed by atoms with Crippen molar-refractivity contribution in [3.63, 3.8) is 0 Å². The van der Waals surface area contributed by atoms with Crippen molar-refractivity contribution in [3.8, 4) is 28.5 Å². The van der Waals surface area contributed by atoms with E-state index in [0.29, 0.717) is 17.2 Å². The van der Waals surface area contributed by atoms with E-state index >= 15 is 0 Å². The van der Waals surface area contributed by atoms with Crippen LogP contribution in [0.1, 0.15) is 18.2 Å². The van der Waals surface area contributed by atoms with Crippen LogP contribution in [0.15, 0.2) is 18.2 Å². The smallest absolute Gasteiger partial charge is 0.203 e. The van der Waals surface area contributed by atoms with E-state index in [0.717, 1.165) is 40.1 Å². The lowest BCUT2D eigenvalue weighted by Crippen LogP contribution is -1.98. The summed E-state index contributed by atoms with van der Waals surface area (Å²) in [5.74, 6) is 1.77. The van der Waals surface area contributed by atoms with Crippen LogP contribution in [0, 0.1) is 13.8 Å². The highest BCUT2D eigenvalue weighted by molar-refractivity contribution is 5.86. The number of aromatic nitrogens is 3. The quantitative estimate of drug-likeness (QED) is 0.707. The van der Waals surface area contributed by atoms with Gasteiger partial charge in [-0.3, -0.25) is 4.68 Å². The van der Waals surface area contributed by atoms with Crippen molar-refractivity contribution in [3.05, 3.63) is 29.5 Å². The molecular formula is C19H23N3O3. The summed E-state index contributed by atoms with van der Waals surface area (Å²) in [5, 5.41) is 5.72. The fraction of sp³-hybridized carbons (Fsp3) is 0.368. The van der Waals surface area contributed by atoms with Crippen molar-refractivity contribution in [1.29, 1.82) is 0 Å². The summed E-state index contributed by atoms with van der Waals surface area (Å²) in [6.45, 7) is 7.04. The molecule has 0 N–H and O–H groups in total. The molecule has 0 amide bonds. The minimum Gasteiger partial charge on any atom is -0.493 e. The van der Waals surface area contributed by atoms with Crippen molar-refractivity contribution in [2.24, 2.45) is 0 Å². The van der Waals surface area contributed by atoms with E-state index in [9.17, 15) is 0 Å². The van der Waals surface area contributed by atoms with E-state index in [-0.39, 0.29) is 0 Å². The van der Waals surface area contributed by atoms with Crippen LogP contribution < -0.4 is 14.2 Å². The van der Waals surface area contributed by atoms with E-state index in [2.05, 4.69) is 31.9 Å². The number of nitrogens with zero attached hydrogens (tertiary/aromatic N) is 3. The zero-order valence-corrected chi connectivity index (χ0v) is 15.5. The van der Waals surface area contributed by atoms with Gasteiger partial charge in [0, 0.05) is 23.2 Å². The zero-order chi connectivity index (χ0) is 18.1. The molecule has 25 heavy (non-hydrogen) atoms. The van der Waals surface area contributed by atoms with E-state index in [4.69, 9.17) is 19.2 Å². The largest absolute Gasteiger partial charge is 0.493 e. The van der Waals surface area contributed by atoms with Crippen LogP contribution in [-0.4, -0.2) is 36.1 Å². The molecule has 0 aliphatic heterocycles. The molecular weight excluding hydrogens is 318 g/mol. The predicted octanol–water partition coefficient (Wildman–Crippen LogP) is 3.76. The van der Waals surface area contributed by atoms with E-state index in [1.54, 1.807) is 21.3 Å². The Balaban J connectivity index is 2.26. The third-order valence-electron chi connectivity index (χ3n) is 4.44. The molecule has 3 rings (SSSR count). The van der Waals surface area contributed by atoms with E-state index in [1.807, 2.05) is 16.8 Å². The number of benzene rings is 1. The molecule has 6 heteroatoms. The molecule has 0 aliphatic carbocycles. The van der Waals surface area contributed by atoms with Gasteiger partial charge in [-0.15, -0.1) is 0 Å². The number of hydrogen-bond acceptors (Lipinski definition) is 5. The van der Waals surface area contributed by atoms with Crippen molar-refractivity contribution in [2.45, 2.75) is 27.3 Å². The molecule has 1 aromatic carbocycles.